The van der Waals surface area contributed by atoms with Crippen LogP contribution < -0.4 is 5.32 Å². The van der Waals surface area contributed by atoms with E-state index in [1.54, 1.807) is 11.3 Å². The highest BCUT2D eigenvalue weighted by molar-refractivity contribution is 7.12. The van der Waals surface area contributed by atoms with Gasteiger partial charge in [0, 0.05) is 16.9 Å². The van der Waals surface area contributed by atoms with Crippen LogP contribution >= 0.6 is 22.7 Å². The molecule has 0 aliphatic carbocycles. The van der Waals surface area contributed by atoms with Gasteiger partial charge in [-0.15, -0.1) is 22.7 Å². The van der Waals surface area contributed by atoms with Crippen molar-refractivity contribution in [3.05, 3.63) is 43.8 Å². The molecule has 0 aromatic carbocycles. The normalized spacial score (nSPS) is 10.0. The number of amides is 1. The number of hydrogen-bond donors (Lipinski definition) is 2. The van der Waals surface area contributed by atoms with E-state index >= 15 is 0 Å². The topological polar surface area (TPSA) is 49.3 Å². The third-order valence-electron chi connectivity index (χ3n) is 2.95. The van der Waals surface area contributed by atoms with E-state index in [1.807, 2.05) is 29.8 Å². The molecule has 2 heterocycles. The number of carbonyl (C=O) groups is 1. The van der Waals surface area contributed by atoms with Crippen molar-refractivity contribution in [1.29, 1.82) is 0 Å². The molecule has 2 rings (SSSR count). The minimum atomic E-state index is -0.0236. The zero-order valence-corrected chi connectivity index (χ0v) is 13.4. The lowest BCUT2D eigenvalue weighted by Crippen LogP contribution is -2.22. The smallest absolute Gasteiger partial charge is 0.261 e. The van der Waals surface area contributed by atoms with E-state index in [9.17, 15) is 4.79 Å². The van der Waals surface area contributed by atoms with Crippen LogP contribution in [0.3, 0.4) is 0 Å². The van der Waals surface area contributed by atoms with Crippen molar-refractivity contribution >= 4 is 28.6 Å². The summed E-state index contributed by atoms with van der Waals surface area (Å²) in [4.78, 5) is 14.0. The fraction of sp³-hybridized carbons (Fsp3) is 0.312. The molecule has 0 bridgehead atoms. The van der Waals surface area contributed by atoms with E-state index in [0.717, 1.165) is 27.3 Å². The lowest BCUT2D eigenvalue weighted by Gasteiger charge is -2.04. The molecule has 3 nitrogen and oxygen atoms in total. The van der Waals surface area contributed by atoms with Crippen molar-refractivity contribution in [3.63, 3.8) is 0 Å². The summed E-state index contributed by atoms with van der Waals surface area (Å²) in [7, 11) is 0. The second kappa shape index (κ2) is 7.99. The van der Waals surface area contributed by atoms with Gasteiger partial charge in [0.25, 0.3) is 5.91 Å². The van der Waals surface area contributed by atoms with Crippen LogP contribution in [0.15, 0.2) is 22.9 Å². The average molecular weight is 319 g/mol. The van der Waals surface area contributed by atoms with Crippen molar-refractivity contribution in [3.8, 4) is 11.8 Å². The SMILES string of the molecule is CCc1ccsc1C(=O)NCc1sccc1C#CCCO. The number of thiophene rings is 2. The molecule has 0 aliphatic heterocycles. The largest absolute Gasteiger partial charge is 0.395 e. The maximum atomic E-state index is 12.2. The fourth-order valence-electron chi connectivity index (χ4n) is 1.86. The summed E-state index contributed by atoms with van der Waals surface area (Å²) in [6, 6.07) is 3.94. The molecule has 5 heteroatoms. The Kier molecular flexibility index (Phi) is 6.00. The quantitative estimate of drug-likeness (QED) is 0.832. The van der Waals surface area contributed by atoms with Crippen molar-refractivity contribution in [2.24, 2.45) is 0 Å². The Hall–Kier alpha value is -1.61. The maximum Gasteiger partial charge on any atom is 0.261 e. The first-order valence-electron chi connectivity index (χ1n) is 6.77. The summed E-state index contributed by atoms with van der Waals surface area (Å²) in [5.41, 5.74) is 2.02. The molecule has 21 heavy (non-hydrogen) atoms. The van der Waals surface area contributed by atoms with E-state index in [1.165, 1.54) is 11.3 Å². The number of aryl methyl sites for hydroxylation is 1. The summed E-state index contributed by atoms with van der Waals surface area (Å²) in [5.74, 6) is 5.91. The number of aliphatic hydroxyl groups excluding tert-OH is 1. The van der Waals surface area contributed by atoms with Gasteiger partial charge in [0.05, 0.1) is 18.0 Å². The molecule has 110 valence electrons. The molecule has 1 amide bonds. The lowest BCUT2D eigenvalue weighted by atomic mass is 10.2. The minimum absolute atomic E-state index is 0.0236. The summed E-state index contributed by atoms with van der Waals surface area (Å²) >= 11 is 3.06. The third kappa shape index (κ3) is 4.18. The van der Waals surface area contributed by atoms with Gasteiger partial charge >= 0.3 is 0 Å². The Labute approximate surface area is 132 Å². The van der Waals surface area contributed by atoms with Gasteiger partial charge in [-0.25, -0.2) is 0 Å². The molecule has 0 atom stereocenters. The second-order valence-electron chi connectivity index (χ2n) is 4.34. The molecule has 0 fully saturated rings. The van der Waals surface area contributed by atoms with Gasteiger partial charge < -0.3 is 10.4 Å². The highest BCUT2D eigenvalue weighted by atomic mass is 32.1. The molecular formula is C16H17NO2S2. The molecule has 2 N–H and O–H groups in total. The Morgan fingerprint density at radius 3 is 2.90 bits per heavy atom. The predicted octanol–water partition coefficient (Wildman–Crippen LogP) is 3.04. The Balaban J connectivity index is 1.99. The molecule has 0 radical (unpaired) electrons. The standard InChI is InChI=1S/C16H17NO2S2/c1-2-12-6-10-21-15(12)16(19)17-11-14-13(7-9-20-14)5-3-4-8-18/h6-7,9-10,18H,2,4,8,11H2,1H3,(H,17,19). The van der Waals surface area contributed by atoms with E-state index in [-0.39, 0.29) is 12.5 Å². The van der Waals surface area contributed by atoms with Crippen molar-refractivity contribution < 1.29 is 9.90 Å². The van der Waals surface area contributed by atoms with E-state index < -0.39 is 0 Å². The average Bonchev–Trinajstić information content (AvgIpc) is 3.13. The monoisotopic (exact) mass is 319 g/mol. The number of hydrogen-bond acceptors (Lipinski definition) is 4. The van der Waals surface area contributed by atoms with Crippen LogP contribution in [0.4, 0.5) is 0 Å². The zero-order valence-electron chi connectivity index (χ0n) is 11.8. The fourth-order valence-corrected chi connectivity index (χ4v) is 3.54. The first-order chi connectivity index (χ1) is 10.3. The van der Waals surface area contributed by atoms with Gasteiger partial charge in [-0.05, 0) is 34.9 Å². The van der Waals surface area contributed by atoms with Crippen LogP contribution in [0.5, 0.6) is 0 Å². The summed E-state index contributed by atoms with van der Waals surface area (Å²) in [6.07, 6.45) is 1.33. The first kappa shape index (κ1) is 15.8. The van der Waals surface area contributed by atoms with Crippen molar-refractivity contribution in [2.75, 3.05) is 6.61 Å². The van der Waals surface area contributed by atoms with Gasteiger partial charge in [-0.3, -0.25) is 4.79 Å². The molecule has 0 unspecified atom stereocenters. The predicted molar refractivity (Wildman–Crippen MR) is 87.8 cm³/mol. The Morgan fingerprint density at radius 1 is 1.33 bits per heavy atom. The van der Waals surface area contributed by atoms with Crippen LogP contribution in [0.1, 0.15) is 39.0 Å². The van der Waals surface area contributed by atoms with E-state index in [2.05, 4.69) is 17.2 Å². The van der Waals surface area contributed by atoms with E-state index in [4.69, 9.17) is 5.11 Å². The van der Waals surface area contributed by atoms with Crippen LogP contribution in [0.2, 0.25) is 0 Å². The zero-order chi connectivity index (χ0) is 15.1. The highest BCUT2D eigenvalue weighted by Crippen LogP contribution is 2.19. The molecular weight excluding hydrogens is 302 g/mol. The molecule has 0 aliphatic rings. The first-order valence-corrected chi connectivity index (χ1v) is 8.52. The van der Waals surface area contributed by atoms with Gasteiger partial charge in [-0.2, -0.15) is 0 Å². The molecule has 0 saturated heterocycles. The van der Waals surface area contributed by atoms with Crippen LogP contribution in [0, 0.1) is 11.8 Å². The molecule has 2 aromatic heterocycles. The summed E-state index contributed by atoms with van der Waals surface area (Å²) in [6.45, 7) is 2.61. The molecule has 0 saturated carbocycles. The molecule has 0 spiro atoms. The number of nitrogens with one attached hydrogen (secondary N) is 1. The van der Waals surface area contributed by atoms with Crippen LogP contribution in [-0.4, -0.2) is 17.6 Å². The highest BCUT2D eigenvalue weighted by Gasteiger charge is 2.12. The van der Waals surface area contributed by atoms with Crippen molar-refractivity contribution in [2.45, 2.75) is 26.3 Å². The lowest BCUT2D eigenvalue weighted by molar-refractivity contribution is 0.0954. The van der Waals surface area contributed by atoms with Crippen LogP contribution in [-0.2, 0) is 13.0 Å². The van der Waals surface area contributed by atoms with Gasteiger partial charge in [0.1, 0.15) is 0 Å². The summed E-state index contributed by atoms with van der Waals surface area (Å²) < 4.78 is 0. The van der Waals surface area contributed by atoms with E-state index in [0.29, 0.717) is 13.0 Å². The Morgan fingerprint density at radius 2 is 2.14 bits per heavy atom. The molecule has 2 aromatic rings. The third-order valence-corrected chi connectivity index (χ3v) is 4.83. The van der Waals surface area contributed by atoms with Crippen LogP contribution in [0.25, 0.3) is 0 Å². The Bertz CT molecular complexity index is 661. The van der Waals surface area contributed by atoms with Gasteiger partial charge in [-0.1, -0.05) is 18.8 Å². The van der Waals surface area contributed by atoms with Gasteiger partial charge in [0.2, 0.25) is 0 Å². The second-order valence-corrected chi connectivity index (χ2v) is 6.26. The maximum absolute atomic E-state index is 12.2. The van der Waals surface area contributed by atoms with Crippen molar-refractivity contribution in [1.82, 2.24) is 5.32 Å². The summed E-state index contributed by atoms with van der Waals surface area (Å²) in [5, 5.41) is 15.6. The van der Waals surface area contributed by atoms with Gasteiger partial charge in [0.15, 0.2) is 0 Å². The minimum Gasteiger partial charge on any atom is -0.395 e. The number of rotatable bonds is 5. The number of carbonyl (C=O) groups excluding carboxylic acids is 1. The number of aliphatic hydroxyl groups is 1.